The first-order valence-corrected chi connectivity index (χ1v) is 11.8. The lowest BCUT2D eigenvalue weighted by molar-refractivity contribution is 0.0949. The molecule has 0 spiro atoms. The summed E-state index contributed by atoms with van der Waals surface area (Å²) in [5.41, 5.74) is 0.696. The van der Waals surface area contributed by atoms with Crippen molar-refractivity contribution in [1.82, 2.24) is 10.0 Å². The number of carbonyl (C=O) groups is 2. The van der Waals surface area contributed by atoms with Gasteiger partial charge in [0, 0.05) is 11.1 Å². The Morgan fingerprint density at radius 1 is 0.939 bits per heavy atom. The molecule has 0 aliphatic heterocycles. The van der Waals surface area contributed by atoms with Crippen LogP contribution in [0.3, 0.4) is 0 Å². The van der Waals surface area contributed by atoms with E-state index in [1.165, 1.54) is 18.4 Å². The van der Waals surface area contributed by atoms with Crippen LogP contribution >= 0.6 is 0 Å². The number of aryl methyl sites for hydroxylation is 1. The van der Waals surface area contributed by atoms with Crippen LogP contribution in [0.15, 0.2) is 70.2 Å². The minimum absolute atomic E-state index is 0.0161. The monoisotopic (exact) mass is 469 g/mol. The zero-order chi connectivity index (χ0) is 24.2. The molecule has 0 radical (unpaired) electrons. The Kier molecular flexibility index (Phi) is 7.04. The van der Waals surface area contributed by atoms with Crippen LogP contribution in [0.1, 0.15) is 52.8 Å². The van der Waals surface area contributed by atoms with Crippen molar-refractivity contribution in [3.8, 4) is 0 Å². The van der Waals surface area contributed by atoms with Gasteiger partial charge in [0.2, 0.25) is 10.0 Å². The van der Waals surface area contributed by atoms with E-state index in [1.54, 1.807) is 70.2 Å². The predicted octanol–water partition coefficient (Wildman–Crippen LogP) is 3.85. The summed E-state index contributed by atoms with van der Waals surface area (Å²) in [6, 6.07) is 14.4. The number of benzene rings is 2. The zero-order valence-electron chi connectivity index (χ0n) is 18.9. The third-order valence-corrected chi connectivity index (χ3v) is 6.38. The van der Waals surface area contributed by atoms with Crippen molar-refractivity contribution < 1.29 is 22.4 Å². The minimum Gasteiger partial charge on any atom is -0.467 e. The largest absolute Gasteiger partial charge is 0.467 e. The molecule has 0 saturated carbocycles. The maximum absolute atomic E-state index is 13.0. The second-order valence-electron chi connectivity index (χ2n) is 8.59. The zero-order valence-corrected chi connectivity index (χ0v) is 19.7. The van der Waals surface area contributed by atoms with E-state index in [-0.39, 0.29) is 28.5 Å². The van der Waals surface area contributed by atoms with Gasteiger partial charge in [-0.2, -0.15) is 0 Å². The highest BCUT2D eigenvalue weighted by Gasteiger charge is 2.24. The maximum atomic E-state index is 13.0. The highest BCUT2D eigenvalue weighted by molar-refractivity contribution is 7.89. The molecule has 3 N–H and O–H groups in total. The number of para-hydroxylation sites is 1. The normalized spacial score (nSPS) is 11.8. The van der Waals surface area contributed by atoms with E-state index in [0.717, 1.165) is 0 Å². The molecular weight excluding hydrogens is 442 g/mol. The summed E-state index contributed by atoms with van der Waals surface area (Å²) in [5.74, 6) is -0.307. The molecule has 0 saturated heterocycles. The molecule has 0 fully saturated rings. The van der Waals surface area contributed by atoms with E-state index in [2.05, 4.69) is 15.4 Å². The Bertz CT molecular complexity index is 1260. The first kappa shape index (κ1) is 24.2. The van der Waals surface area contributed by atoms with Crippen molar-refractivity contribution in [2.24, 2.45) is 0 Å². The standard InChI is InChI=1S/C24H27N3O5S/c1-16-11-12-18(33(30,31)27-24(2,3)4)14-20(16)23(29)26-21-10-6-5-9-19(21)22(28)25-15-17-8-7-13-32-17/h5-14,27H,15H2,1-4H3,(H,25,28)(H,26,29). The van der Waals surface area contributed by atoms with Crippen molar-refractivity contribution in [3.05, 3.63) is 83.3 Å². The number of nitrogens with one attached hydrogen (secondary N) is 3. The molecule has 3 rings (SSSR count). The molecule has 0 aliphatic rings. The summed E-state index contributed by atoms with van der Waals surface area (Å²) in [6.45, 7) is 7.12. The Balaban J connectivity index is 1.83. The van der Waals surface area contributed by atoms with E-state index in [1.807, 2.05) is 0 Å². The molecule has 9 heteroatoms. The Hall–Kier alpha value is -3.43. The first-order valence-electron chi connectivity index (χ1n) is 10.3. The van der Waals surface area contributed by atoms with Crippen LogP contribution in [-0.4, -0.2) is 25.8 Å². The van der Waals surface area contributed by atoms with Crippen molar-refractivity contribution in [2.45, 2.75) is 44.7 Å². The van der Waals surface area contributed by atoms with Gasteiger partial charge in [0.15, 0.2) is 0 Å². The number of sulfonamides is 1. The minimum atomic E-state index is -3.82. The van der Waals surface area contributed by atoms with Gasteiger partial charge in [0.1, 0.15) is 5.76 Å². The third-order valence-electron chi connectivity index (χ3n) is 4.63. The van der Waals surface area contributed by atoms with Gasteiger partial charge in [-0.25, -0.2) is 13.1 Å². The number of anilines is 1. The molecular formula is C24H27N3O5S. The third kappa shape index (κ3) is 6.30. The van der Waals surface area contributed by atoms with Crippen LogP contribution in [0.5, 0.6) is 0 Å². The lowest BCUT2D eigenvalue weighted by Crippen LogP contribution is -2.40. The molecule has 2 aromatic carbocycles. The van der Waals surface area contributed by atoms with Gasteiger partial charge < -0.3 is 15.1 Å². The van der Waals surface area contributed by atoms with Gasteiger partial charge in [0.25, 0.3) is 11.8 Å². The second-order valence-corrected chi connectivity index (χ2v) is 10.3. The van der Waals surface area contributed by atoms with Crippen LogP contribution < -0.4 is 15.4 Å². The fraction of sp³-hybridized carbons (Fsp3) is 0.250. The summed E-state index contributed by atoms with van der Waals surface area (Å²) in [4.78, 5) is 25.7. The quantitative estimate of drug-likeness (QED) is 0.486. The lowest BCUT2D eigenvalue weighted by atomic mass is 10.1. The average Bonchev–Trinajstić information content (AvgIpc) is 3.24. The van der Waals surface area contributed by atoms with Crippen molar-refractivity contribution in [1.29, 1.82) is 0 Å². The van der Waals surface area contributed by atoms with Crippen LogP contribution in [0.25, 0.3) is 0 Å². The highest BCUT2D eigenvalue weighted by Crippen LogP contribution is 2.21. The molecule has 0 aliphatic carbocycles. The summed E-state index contributed by atoms with van der Waals surface area (Å²) in [7, 11) is -3.82. The van der Waals surface area contributed by atoms with E-state index < -0.39 is 21.5 Å². The molecule has 1 heterocycles. The molecule has 3 aromatic rings. The Labute approximate surface area is 193 Å². The number of furan rings is 1. The average molecular weight is 470 g/mol. The van der Waals surface area contributed by atoms with E-state index in [9.17, 15) is 18.0 Å². The lowest BCUT2D eigenvalue weighted by Gasteiger charge is -2.21. The number of carbonyl (C=O) groups excluding carboxylic acids is 2. The van der Waals surface area contributed by atoms with E-state index >= 15 is 0 Å². The first-order chi connectivity index (χ1) is 15.5. The smallest absolute Gasteiger partial charge is 0.255 e. The van der Waals surface area contributed by atoms with Crippen LogP contribution in [0.2, 0.25) is 0 Å². The van der Waals surface area contributed by atoms with Gasteiger partial charge in [-0.15, -0.1) is 0 Å². The van der Waals surface area contributed by atoms with Crippen LogP contribution in [0, 0.1) is 6.92 Å². The fourth-order valence-electron chi connectivity index (χ4n) is 3.13. The van der Waals surface area contributed by atoms with E-state index in [0.29, 0.717) is 17.0 Å². The summed E-state index contributed by atoms with van der Waals surface area (Å²) >= 11 is 0. The van der Waals surface area contributed by atoms with Gasteiger partial charge in [-0.05, 0) is 69.7 Å². The maximum Gasteiger partial charge on any atom is 0.255 e. The highest BCUT2D eigenvalue weighted by atomic mass is 32.2. The van der Waals surface area contributed by atoms with Crippen LogP contribution in [0.4, 0.5) is 5.69 Å². The number of rotatable bonds is 7. The molecule has 33 heavy (non-hydrogen) atoms. The molecule has 174 valence electrons. The van der Waals surface area contributed by atoms with Gasteiger partial charge >= 0.3 is 0 Å². The molecule has 2 amide bonds. The van der Waals surface area contributed by atoms with Crippen LogP contribution in [-0.2, 0) is 16.6 Å². The number of hydrogen-bond acceptors (Lipinski definition) is 5. The van der Waals surface area contributed by atoms with E-state index in [4.69, 9.17) is 4.42 Å². The molecule has 0 atom stereocenters. The molecule has 1 aromatic heterocycles. The molecule has 0 bridgehead atoms. The summed E-state index contributed by atoms with van der Waals surface area (Å²) in [6.07, 6.45) is 1.52. The van der Waals surface area contributed by atoms with Crippen molar-refractivity contribution >= 4 is 27.5 Å². The van der Waals surface area contributed by atoms with Gasteiger partial charge in [-0.3, -0.25) is 9.59 Å². The fourth-order valence-corrected chi connectivity index (χ4v) is 4.57. The number of amides is 2. The van der Waals surface area contributed by atoms with Crippen molar-refractivity contribution in [2.75, 3.05) is 5.32 Å². The summed E-state index contributed by atoms with van der Waals surface area (Å²) in [5, 5.41) is 5.48. The van der Waals surface area contributed by atoms with Gasteiger partial charge in [0.05, 0.1) is 29.0 Å². The predicted molar refractivity (Wildman–Crippen MR) is 126 cm³/mol. The van der Waals surface area contributed by atoms with Gasteiger partial charge in [-0.1, -0.05) is 18.2 Å². The summed E-state index contributed by atoms with van der Waals surface area (Å²) < 4.78 is 33.2. The Morgan fingerprint density at radius 3 is 2.33 bits per heavy atom. The SMILES string of the molecule is Cc1ccc(S(=O)(=O)NC(C)(C)C)cc1C(=O)Nc1ccccc1C(=O)NCc1ccco1. The topological polar surface area (TPSA) is 118 Å². The molecule has 8 nitrogen and oxygen atoms in total. The second kappa shape index (κ2) is 9.60. The number of hydrogen-bond donors (Lipinski definition) is 3. The Morgan fingerprint density at radius 2 is 1.67 bits per heavy atom. The van der Waals surface area contributed by atoms with Crippen molar-refractivity contribution in [3.63, 3.8) is 0 Å². The molecule has 0 unspecified atom stereocenters.